The topological polar surface area (TPSA) is 88.7 Å². The molecule has 2 aromatic heterocycles. The molecule has 7 heteroatoms. The number of ether oxygens (including phenoxy) is 1. The van der Waals surface area contributed by atoms with Crippen LogP contribution in [-0.2, 0) is 10.3 Å². The molecule has 0 saturated carbocycles. The molecular weight excluding hydrogens is 418 g/mol. The lowest BCUT2D eigenvalue weighted by molar-refractivity contribution is -0.195. The number of aromatic nitrogens is 2. The van der Waals surface area contributed by atoms with Gasteiger partial charge in [0.25, 0.3) is 5.91 Å². The van der Waals surface area contributed by atoms with Gasteiger partial charge in [0, 0.05) is 29.3 Å². The van der Waals surface area contributed by atoms with Crippen LogP contribution in [-0.4, -0.2) is 51.2 Å². The minimum absolute atomic E-state index is 0.0375. The first-order valence-electron chi connectivity index (χ1n) is 11.0. The lowest BCUT2D eigenvalue weighted by Crippen LogP contribution is -2.71. The molecule has 0 spiro atoms. The summed E-state index contributed by atoms with van der Waals surface area (Å²) in [5.74, 6) is 0.691. The predicted molar refractivity (Wildman–Crippen MR) is 122 cm³/mol. The molecule has 1 N–H and O–H groups in total. The van der Waals surface area contributed by atoms with Gasteiger partial charge in [0.15, 0.2) is 5.58 Å². The molecule has 7 nitrogen and oxygen atoms in total. The zero-order valence-corrected chi connectivity index (χ0v) is 18.4. The number of rotatable bonds is 4. The average molecular weight is 441 g/mol. The number of morpholine rings is 1. The zero-order chi connectivity index (χ0) is 22.7. The Morgan fingerprint density at radius 3 is 2.58 bits per heavy atom. The zero-order valence-electron chi connectivity index (χ0n) is 18.4. The van der Waals surface area contributed by atoms with Crippen molar-refractivity contribution in [1.82, 2.24) is 14.9 Å². The number of amides is 1. The molecule has 6 rings (SSSR count). The molecule has 4 aromatic rings. The maximum atomic E-state index is 12.7. The van der Waals surface area contributed by atoms with Crippen LogP contribution in [0.4, 0.5) is 0 Å². The van der Waals surface area contributed by atoms with Crippen molar-refractivity contribution in [1.29, 1.82) is 0 Å². The van der Waals surface area contributed by atoms with Gasteiger partial charge in [-0.15, -0.1) is 0 Å². The molecule has 2 aromatic carbocycles. The van der Waals surface area contributed by atoms with E-state index in [-0.39, 0.29) is 18.1 Å². The van der Waals surface area contributed by atoms with Crippen molar-refractivity contribution in [2.24, 2.45) is 0 Å². The van der Waals surface area contributed by atoms with Crippen LogP contribution in [0.2, 0.25) is 0 Å². The average Bonchev–Trinajstić information content (AvgIpc) is 3.24. The molecule has 1 unspecified atom stereocenters. The first-order valence-corrected chi connectivity index (χ1v) is 11.0. The van der Waals surface area contributed by atoms with Crippen LogP contribution in [0.5, 0.6) is 0 Å². The minimum Gasteiger partial charge on any atom is -0.452 e. The quantitative estimate of drug-likeness (QED) is 0.515. The molecule has 2 aliphatic heterocycles. The number of hydrogen-bond acceptors (Lipinski definition) is 6. The van der Waals surface area contributed by atoms with Gasteiger partial charge in [-0.25, -0.2) is 9.97 Å². The van der Waals surface area contributed by atoms with Crippen molar-refractivity contribution < 1.29 is 19.1 Å². The maximum absolute atomic E-state index is 12.7. The summed E-state index contributed by atoms with van der Waals surface area (Å²) in [7, 11) is 0. The highest BCUT2D eigenvalue weighted by Crippen LogP contribution is 2.35. The van der Waals surface area contributed by atoms with E-state index in [2.05, 4.69) is 9.97 Å². The van der Waals surface area contributed by atoms with E-state index in [4.69, 9.17) is 9.15 Å². The van der Waals surface area contributed by atoms with Crippen LogP contribution >= 0.6 is 0 Å². The lowest BCUT2D eigenvalue weighted by atomic mass is 9.93. The van der Waals surface area contributed by atoms with E-state index in [1.807, 2.05) is 59.5 Å². The number of fused-ring (bicyclic) bond motifs is 2. The number of carbonyl (C=O) groups is 1. The fourth-order valence-corrected chi connectivity index (χ4v) is 4.40. The van der Waals surface area contributed by atoms with Gasteiger partial charge < -0.3 is 19.2 Å². The van der Waals surface area contributed by atoms with E-state index >= 15 is 0 Å². The third-order valence-electron chi connectivity index (χ3n) is 6.52. The monoisotopic (exact) mass is 441 g/mol. The van der Waals surface area contributed by atoms with Crippen molar-refractivity contribution in [3.05, 3.63) is 72.1 Å². The fourth-order valence-electron chi connectivity index (χ4n) is 4.40. The van der Waals surface area contributed by atoms with Gasteiger partial charge in [-0.3, -0.25) is 4.79 Å². The second kappa shape index (κ2) is 7.23. The first-order chi connectivity index (χ1) is 15.9. The Balaban J connectivity index is 1.32. The maximum Gasteiger partial charge on any atom is 0.254 e. The summed E-state index contributed by atoms with van der Waals surface area (Å²) < 4.78 is 11.6. The van der Waals surface area contributed by atoms with Crippen LogP contribution in [0.3, 0.4) is 0 Å². The summed E-state index contributed by atoms with van der Waals surface area (Å²) in [6.45, 7) is 4.81. The standard InChI is InChI=1S/C26H23N3O4/c1-26(2,31)18-5-3-4-17(10-18)23-24-19(27-14-28-23)11-21(33-24)15-6-8-16(9-7-15)25(30)29-12-22-20(29)13-32-22/h3-11,14,20,22,31H,12-13H2,1-2H3/t20?,22-/m1/s1. The number of furan rings is 1. The molecule has 0 bridgehead atoms. The van der Waals surface area contributed by atoms with E-state index in [1.54, 1.807) is 13.8 Å². The summed E-state index contributed by atoms with van der Waals surface area (Å²) in [6.07, 6.45) is 1.74. The predicted octanol–water partition coefficient (Wildman–Crippen LogP) is 4.01. The Morgan fingerprint density at radius 2 is 1.91 bits per heavy atom. The smallest absolute Gasteiger partial charge is 0.254 e. The molecule has 0 aliphatic carbocycles. The second-order valence-corrected chi connectivity index (χ2v) is 9.16. The number of benzene rings is 2. The van der Waals surface area contributed by atoms with Gasteiger partial charge in [-0.1, -0.05) is 30.3 Å². The van der Waals surface area contributed by atoms with Crippen LogP contribution in [0.25, 0.3) is 33.7 Å². The van der Waals surface area contributed by atoms with Crippen LogP contribution in [0, 0.1) is 0 Å². The Bertz CT molecular complexity index is 1370. The molecule has 0 radical (unpaired) electrons. The molecule has 4 heterocycles. The Labute approximate surface area is 190 Å². The summed E-state index contributed by atoms with van der Waals surface area (Å²) in [6, 6.07) is 17.2. The Kier molecular flexibility index (Phi) is 4.40. The molecule has 2 atom stereocenters. The van der Waals surface area contributed by atoms with Gasteiger partial charge in [0.05, 0.1) is 24.4 Å². The van der Waals surface area contributed by atoms with E-state index in [9.17, 15) is 9.90 Å². The van der Waals surface area contributed by atoms with E-state index < -0.39 is 5.60 Å². The normalized spacial score (nSPS) is 19.7. The van der Waals surface area contributed by atoms with Crippen molar-refractivity contribution >= 4 is 17.0 Å². The molecule has 33 heavy (non-hydrogen) atoms. The van der Waals surface area contributed by atoms with Gasteiger partial charge in [-0.05, 0) is 37.6 Å². The molecule has 1 amide bonds. The van der Waals surface area contributed by atoms with Gasteiger partial charge >= 0.3 is 0 Å². The number of carbonyl (C=O) groups excluding carboxylic acids is 1. The minimum atomic E-state index is -0.960. The third-order valence-corrected chi connectivity index (χ3v) is 6.52. The van der Waals surface area contributed by atoms with Gasteiger partial charge in [0.2, 0.25) is 0 Å². The summed E-state index contributed by atoms with van der Waals surface area (Å²) in [5, 5.41) is 10.4. The van der Waals surface area contributed by atoms with Crippen molar-refractivity contribution in [2.45, 2.75) is 31.6 Å². The highest BCUT2D eigenvalue weighted by atomic mass is 16.5. The first kappa shape index (κ1) is 20.1. The van der Waals surface area contributed by atoms with E-state index in [0.717, 1.165) is 16.7 Å². The van der Waals surface area contributed by atoms with Crippen LogP contribution < -0.4 is 0 Å². The van der Waals surface area contributed by atoms with Gasteiger partial charge in [-0.2, -0.15) is 0 Å². The highest BCUT2D eigenvalue weighted by Gasteiger charge is 2.49. The number of likely N-dealkylation sites (tertiary alicyclic amines) is 1. The largest absolute Gasteiger partial charge is 0.452 e. The fraction of sp³-hybridized carbons (Fsp3) is 0.269. The lowest BCUT2D eigenvalue weighted by Gasteiger charge is -2.54. The number of hydrogen-bond donors (Lipinski definition) is 1. The summed E-state index contributed by atoms with van der Waals surface area (Å²) >= 11 is 0. The van der Waals surface area contributed by atoms with E-state index in [1.165, 1.54) is 6.33 Å². The second-order valence-electron chi connectivity index (χ2n) is 9.16. The Hall–Kier alpha value is -3.55. The number of aliphatic hydroxyl groups is 1. The summed E-state index contributed by atoms with van der Waals surface area (Å²) in [5.41, 5.74) is 4.13. The van der Waals surface area contributed by atoms with E-state index in [0.29, 0.717) is 41.3 Å². The molecule has 166 valence electrons. The number of nitrogens with zero attached hydrogens (tertiary/aromatic N) is 3. The molecule has 2 aliphatic rings. The van der Waals surface area contributed by atoms with Crippen LogP contribution in [0.1, 0.15) is 29.8 Å². The Morgan fingerprint density at radius 1 is 1.09 bits per heavy atom. The molecule has 2 saturated heterocycles. The SMILES string of the molecule is CC(C)(O)c1cccc(-c2ncnc3cc(-c4ccc(C(=O)N5C[C@H]6OCC65)cc4)oc23)c1. The van der Waals surface area contributed by atoms with Crippen molar-refractivity contribution in [3.63, 3.8) is 0 Å². The van der Waals surface area contributed by atoms with Crippen molar-refractivity contribution in [3.8, 4) is 22.6 Å². The van der Waals surface area contributed by atoms with Crippen LogP contribution in [0.15, 0.2) is 65.3 Å². The van der Waals surface area contributed by atoms with Crippen molar-refractivity contribution in [2.75, 3.05) is 13.2 Å². The molecule has 2 fully saturated rings. The highest BCUT2D eigenvalue weighted by molar-refractivity contribution is 5.96. The third kappa shape index (κ3) is 3.32. The van der Waals surface area contributed by atoms with Gasteiger partial charge in [0.1, 0.15) is 23.3 Å². The molecular formula is C26H23N3O4. The summed E-state index contributed by atoms with van der Waals surface area (Å²) in [4.78, 5) is 23.4.